The van der Waals surface area contributed by atoms with Crippen molar-refractivity contribution in [2.24, 2.45) is 5.73 Å². The van der Waals surface area contributed by atoms with Gasteiger partial charge in [-0.15, -0.1) is 12.4 Å². The monoisotopic (exact) mass is 461 g/mol. The minimum absolute atomic E-state index is 0. The molecule has 0 fully saturated rings. The van der Waals surface area contributed by atoms with Gasteiger partial charge in [-0.3, -0.25) is 0 Å². The number of ether oxygens (including phenoxy) is 1. The summed E-state index contributed by atoms with van der Waals surface area (Å²) in [5.41, 5.74) is 5.43. The smallest absolute Gasteiger partial charge is 0.419 e. The van der Waals surface area contributed by atoms with Crippen molar-refractivity contribution >= 4 is 12.4 Å². The number of alkyl halides is 3. The van der Waals surface area contributed by atoms with E-state index in [1.165, 1.54) is 11.6 Å². The lowest BCUT2D eigenvalue weighted by Crippen LogP contribution is -2.47. The molecule has 0 unspecified atom stereocenters. The average molecular weight is 462 g/mol. The number of halogens is 4. The van der Waals surface area contributed by atoms with E-state index in [4.69, 9.17) is 10.5 Å². The third-order valence-electron chi connectivity index (χ3n) is 5.10. The average Bonchev–Trinajstić information content (AvgIpc) is 2.75. The molecule has 0 saturated heterocycles. The SMILES string of the molecule is Cl.NC(CO)(CO)CCc1ccc(OCCCCCc2ccccc2)c(C(F)(F)F)c1. The van der Waals surface area contributed by atoms with Crippen LogP contribution in [-0.4, -0.2) is 35.6 Å². The first-order valence-corrected chi connectivity index (χ1v) is 10.1. The fourth-order valence-electron chi connectivity index (χ4n) is 3.12. The van der Waals surface area contributed by atoms with E-state index in [0.717, 1.165) is 25.3 Å². The Balaban J connectivity index is 0.00000480. The van der Waals surface area contributed by atoms with Gasteiger partial charge in [-0.2, -0.15) is 13.2 Å². The molecule has 0 aliphatic carbocycles. The van der Waals surface area contributed by atoms with Gasteiger partial charge in [0.15, 0.2) is 0 Å². The van der Waals surface area contributed by atoms with E-state index in [2.05, 4.69) is 12.1 Å². The maximum atomic E-state index is 13.5. The quantitative estimate of drug-likeness (QED) is 0.406. The van der Waals surface area contributed by atoms with Crippen molar-refractivity contribution in [2.45, 2.75) is 50.2 Å². The number of hydrogen-bond donors (Lipinski definition) is 3. The van der Waals surface area contributed by atoms with Gasteiger partial charge in [0.1, 0.15) is 5.75 Å². The molecule has 0 heterocycles. The van der Waals surface area contributed by atoms with Crippen LogP contribution in [0.1, 0.15) is 42.4 Å². The number of benzene rings is 2. The van der Waals surface area contributed by atoms with Crippen molar-refractivity contribution in [3.63, 3.8) is 0 Å². The zero-order chi connectivity index (χ0) is 22.0. The maximum Gasteiger partial charge on any atom is 0.419 e. The third kappa shape index (κ3) is 9.07. The lowest BCUT2D eigenvalue weighted by Gasteiger charge is -2.24. The standard InChI is InChI=1S/C23H30F3NO3.ClH/c24-23(25,26)20-15-19(12-13-22(27,16-28)17-29)10-11-21(20)30-14-6-2-5-9-18-7-3-1-4-8-18;/h1,3-4,7-8,10-11,15,28-29H,2,5-6,9,12-14,16-17,27H2;1H. The lowest BCUT2D eigenvalue weighted by molar-refractivity contribution is -0.139. The maximum absolute atomic E-state index is 13.5. The number of nitrogens with two attached hydrogens (primary N) is 1. The number of aliphatic hydroxyl groups is 2. The molecule has 2 aromatic carbocycles. The first-order valence-electron chi connectivity index (χ1n) is 10.1. The van der Waals surface area contributed by atoms with Crippen LogP contribution in [0.15, 0.2) is 48.5 Å². The van der Waals surface area contributed by atoms with Crippen molar-refractivity contribution in [2.75, 3.05) is 19.8 Å². The Hall–Kier alpha value is -1.80. The molecule has 31 heavy (non-hydrogen) atoms. The van der Waals surface area contributed by atoms with Crippen molar-refractivity contribution < 1.29 is 28.1 Å². The first-order chi connectivity index (χ1) is 14.3. The van der Waals surface area contributed by atoms with Crippen LogP contribution in [0.2, 0.25) is 0 Å². The highest BCUT2D eigenvalue weighted by Gasteiger charge is 2.35. The van der Waals surface area contributed by atoms with Crippen LogP contribution >= 0.6 is 12.4 Å². The Kier molecular flexibility index (Phi) is 11.3. The van der Waals surface area contributed by atoms with E-state index in [1.807, 2.05) is 18.2 Å². The van der Waals surface area contributed by atoms with Crippen LogP contribution in [-0.2, 0) is 19.0 Å². The third-order valence-corrected chi connectivity index (χ3v) is 5.10. The van der Waals surface area contributed by atoms with Crippen LogP contribution in [0.25, 0.3) is 0 Å². The summed E-state index contributed by atoms with van der Waals surface area (Å²) in [6.07, 6.45) is -0.724. The molecule has 0 saturated carbocycles. The second-order valence-corrected chi connectivity index (χ2v) is 7.65. The zero-order valence-electron chi connectivity index (χ0n) is 17.4. The molecule has 8 heteroatoms. The van der Waals surface area contributed by atoms with Gasteiger partial charge in [-0.05, 0) is 61.8 Å². The van der Waals surface area contributed by atoms with E-state index in [1.54, 1.807) is 6.07 Å². The van der Waals surface area contributed by atoms with Gasteiger partial charge in [-0.25, -0.2) is 0 Å². The number of unbranched alkanes of at least 4 members (excludes halogenated alkanes) is 2. The van der Waals surface area contributed by atoms with Gasteiger partial charge in [0, 0.05) is 0 Å². The molecule has 0 aliphatic rings. The van der Waals surface area contributed by atoms with Gasteiger partial charge in [0.05, 0.1) is 30.9 Å². The highest BCUT2D eigenvalue weighted by atomic mass is 35.5. The molecule has 0 spiro atoms. The molecule has 4 nitrogen and oxygen atoms in total. The van der Waals surface area contributed by atoms with E-state index < -0.39 is 30.5 Å². The van der Waals surface area contributed by atoms with Crippen LogP contribution in [0.3, 0.4) is 0 Å². The molecule has 2 rings (SSSR count). The Labute approximate surface area is 187 Å². The zero-order valence-corrected chi connectivity index (χ0v) is 18.2. The largest absolute Gasteiger partial charge is 0.493 e. The second kappa shape index (κ2) is 12.9. The molecule has 0 amide bonds. The Morgan fingerprint density at radius 3 is 2.13 bits per heavy atom. The molecule has 0 atom stereocenters. The Morgan fingerprint density at radius 2 is 1.52 bits per heavy atom. The van der Waals surface area contributed by atoms with Crippen LogP contribution in [0, 0.1) is 0 Å². The molecule has 174 valence electrons. The number of rotatable bonds is 12. The van der Waals surface area contributed by atoms with E-state index in [9.17, 15) is 23.4 Å². The molecular weight excluding hydrogens is 431 g/mol. The lowest BCUT2D eigenvalue weighted by atomic mass is 9.93. The van der Waals surface area contributed by atoms with Gasteiger partial charge in [0.2, 0.25) is 0 Å². The molecular formula is C23H31ClF3NO3. The van der Waals surface area contributed by atoms with Gasteiger partial charge in [0.25, 0.3) is 0 Å². The van der Waals surface area contributed by atoms with Crippen LogP contribution in [0.4, 0.5) is 13.2 Å². The van der Waals surface area contributed by atoms with Gasteiger partial charge < -0.3 is 20.7 Å². The molecule has 0 bridgehead atoms. The highest BCUT2D eigenvalue weighted by molar-refractivity contribution is 5.85. The number of aryl methyl sites for hydroxylation is 2. The molecule has 0 aromatic heterocycles. The predicted octanol–water partition coefficient (Wildman–Crippen LogP) is 4.53. The normalized spacial score (nSPS) is 11.8. The Morgan fingerprint density at radius 1 is 0.839 bits per heavy atom. The summed E-state index contributed by atoms with van der Waals surface area (Å²) in [5.74, 6) is -0.183. The second-order valence-electron chi connectivity index (χ2n) is 7.65. The molecule has 2 aromatic rings. The Bertz CT molecular complexity index is 768. The fraction of sp³-hybridized carbons (Fsp3) is 0.478. The van der Waals surface area contributed by atoms with Crippen molar-refractivity contribution in [1.29, 1.82) is 0 Å². The van der Waals surface area contributed by atoms with Crippen molar-refractivity contribution in [1.82, 2.24) is 0 Å². The predicted molar refractivity (Wildman–Crippen MR) is 118 cm³/mol. The summed E-state index contributed by atoms with van der Waals surface area (Å²) < 4.78 is 45.8. The topological polar surface area (TPSA) is 75.7 Å². The van der Waals surface area contributed by atoms with Crippen molar-refractivity contribution in [3.8, 4) is 5.75 Å². The first kappa shape index (κ1) is 27.2. The summed E-state index contributed by atoms with van der Waals surface area (Å²) in [6.45, 7) is -0.666. The van der Waals surface area contributed by atoms with E-state index in [0.29, 0.717) is 12.0 Å². The summed E-state index contributed by atoms with van der Waals surface area (Å²) in [4.78, 5) is 0. The van der Waals surface area contributed by atoms with E-state index >= 15 is 0 Å². The molecule has 4 N–H and O–H groups in total. The van der Waals surface area contributed by atoms with Crippen LogP contribution < -0.4 is 10.5 Å². The van der Waals surface area contributed by atoms with Crippen LogP contribution in [0.5, 0.6) is 5.75 Å². The number of hydrogen-bond acceptors (Lipinski definition) is 4. The van der Waals surface area contributed by atoms with E-state index in [-0.39, 0.29) is 37.6 Å². The minimum Gasteiger partial charge on any atom is -0.493 e. The summed E-state index contributed by atoms with van der Waals surface area (Å²) in [7, 11) is 0. The number of aliphatic hydroxyl groups excluding tert-OH is 2. The molecule has 0 radical (unpaired) electrons. The summed E-state index contributed by atoms with van der Waals surface area (Å²) in [6, 6.07) is 14.0. The highest BCUT2D eigenvalue weighted by Crippen LogP contribution is 2.37. The summed E-state index contributed by atoms with van der Waals surface area (Å²) >= 11 is 0. The minimum atomic E-state index is -4.54. The van der Waals surface area contributed by atoms with Gasteiger partial charge >= 0.3 is 6.18 Å². The molecule has 0 aliphatic heterocycles. The summed E-state index contributed by atoms with van der Waals surface area (Å²) in [5, 5.41) is 18.5. The fourth-order valence-corrected chi connectivity index (χ4v) is 3.12. The van der Waals surface area contributed by atoms with Crippen molar-refractivity contribution in [3.05, 3.63) is 65.2 Å². The van der Waals surface area contributed by atoms with Gasteiger partial charge in [-0.1, -0.05) is 36.4 Å².